The maximum absolute atomic E-state index is 14.2. The molecule has 0 N–H and O–H groups in total. The van der Waals surface area contributed by atoms with Gasteiger partial charge in [0.1, 0.15) is 19.0 Å². The number of pyridine rings is 1. The van der Waals surface area contributed by atoms with Crippen LogP contribution in [0.3, 0.4) is 0 Å². The van der Waals surface area contributed by atoms with E-state index >= 15 is 0 Å². The van der Waals surface area contributed by atoms with Gasteiger partial charge in [-0.1, -0.05) is 99.9 Å². The summed E-state index contributed by atoms with van der Waals surface area (Å²) >= 11 is 0. The first-order chi connectivity index (χ1) is 20.9. The van der Waals surface area contributed by atoms with E-state index in [0.717, 1.165) is 60.7 Å². The number of aromatic nitrogens is 1. The molecule has 1 heterocycles. The molecule has 0 saturated heterocycles. The van der Waals surface area contributed by atoms with Crippen molar-refractivity contribution in [1.29, 1.82) is 0 Å². The van der Waals surface area contributed by atoms with Crippen LogP contribution in [0, 0.1) is 0 Å². The third kappa shape index (κ3) is 11.3. The summed E-state index contributed by atoms with van der Waals surface area (Å²) in [6, 6.07) is 16.0. The number of fused-ring (bicyclic) bond motifs is 1. The van der Waals surface area contributed by atoms with Gasteiger partial charge in [-0.2, -0.15) is 0 Å². The predicted molar refractivity (Wildman–Crippen MR) is 181 cm³/mol. The van der Waals surface area contributed by atoms with E-state index in [1.54, 1.807) is 0 Å². The van der Waals surface area contributed by atoms with Gasteiger partial charge in [0, 0.05) is 18.0 Å². The zero-order valence-corrected chi connectivity index (χ0v) is 27.3. The summed E-state index contributed by atoms with van der Waals surface area (Å²) < 4.78 is 20.6. The van der Waals surface area contributed by atoms with E-state index in [2.05, 4.69) is 46.8 Å². The van der Waals surface area contributed by atoms with Gasteiger partial charge < -0.3 is 18.8 Å². The third-order valence-corrected chi connectivity index (χ3v) is 7.63. The molecule has 0 unspecified atom stereocenters. The normalized spacial score (nSPS) is 11.5. The van der Waals surface area contributed by atoms with Crippen LogP contribution in [-0.4, -0.2) is 17.8 Å². The molecule has 3 rings (SSSR count). The number of rotatable bonds is 20. The van der Waals surface area contributed by atoms with Crippen LogP contribution in [0.25, 0.3) is 10.9 Å². The maximum Gasteiger partial charge on any atom is 0.297 e. The second-order valence-corrected chi connectivity index (χ2v) is 11.7. The minimum Gasteiger partial charge on any atom is -0.494 e. The largest absolute Gasteiger partial charge is 0.494 e. The molecule has 0 saturated carbocycles. The molecule has 1 aromatic heterocycles. The summed E-state index contributed by atoms with van der Waals surface area (Å²) in [5.41, 5.74) is 4.28. The van der Waals surface area contributed by atoms with E-state index in [-0.39, 0.29) is 11.3 Å². The minimum absolute atomic E-state index is 0.148. The number of ether oxygens (including phenoxy) is 3. The lowest BCUT2D eigenvalue weighted by Crippen LogP contribution is -2.24. The standard InChI is InChI=1S/C38H53NO4/c1-6-8-10-11-12-16-25-39-35-28-33(41-26-9-7-2)22-23-34(35)36(43-29-32-20-14-13-15-21-32)37(38(39)40)42-27-24-31(5)19-17-18-30(3)4/h13-15,18,20-24,28H,6-12,16-17,19,25-27,29H2,1-5H3/b31-24+. The fraction of sp³-hybridized carbons (Fsp3) is 0.500. The molecule has 0 bridgehead atoms. The first kappa shape index (κ1) is 34.0. The molecular formula is C38H53NO4. The van der Waals surface area contributed by atoms with Gasteiger partial charge in [-0.05, 0) is 70.2 Å². The van der Waals surface area contributed by atoms with Crippen molar-refractivity contribution in [2.75, 3.05) is 13.2 Å². The minimum atomic E-state index is -0.148. The van der Waals surface area contributed by atoms with Gasteiger partial charge in [0.25, 0.3) is 5.56 Å². The molecule has 0 fully saturated rings. The zero-order valence-electron chi connectivity index (χ0n) is 27.3. The van der Waals surface area contributed by atoms with Crippen LogP contribution in [0.4, 0.5) is 0 Å². The highest BCUT2D eigenvalue weighted by atomic mass is 16.5. The van der Waals surface area contributed by atoms with Gasteiger partial charge in [-0.15, -0.1) is 0 Å². The Balaban J connectivity index is 1.99. The smallest absolute Gasteiger partial charge is 0.297 e. The van der Waals surface area contributed by atoms with E-state index in [1.165, 1.54) is 36.8 Å². The summed E-state index contributed by atoms with van der Waals surface area (Å²) in [5.74, 6) is 1.55. The Labute approximate surface area is 259 Å². The van der Waals surface area contributed by atoms with Gasteiger partial charge in [0.2, 0.25) is 5.75 Å². The number of aryl methyl sites for hydroxylation is 1. The Morgan fingerprint density at radius 2 is 1.53 bits per heavy atom. The molecule has 0 aliphatic heterocycles. The Morgan fingerprint density at radius 1 is 0.791 bits per heavy atom. The van der Waals surface area contributed by atoms with Crippen molar-refractivity contribution >= 4 is 10.9 Å². The molecule has 234 valence electrons. The van der Waals surface area contributed by atoms with Crippen LogP contribution >= 0.6 is 0 Å². The topological polar surface area (TPSA) is 49.7 Å². The molecule has 0 radical (unpaired) electrons. The van der Waals surface area contributed by atoms with Crippen LogP contribution < -0.4 is 19.8 Å². The van der Waals surface area contributed by atoms with Gasteiger partial charge in [-0.3, -0.25) is 4.79 Å². The lowest BCUT2D eigenvalue weighted by Gasteiger charge is -2.19. The number of benzene rings is 2. The Morgan fingerprint density at radius 3 is 2.28 bits per heavy atom. The number of hydrogen-bond donors (Lipinski definition) is 0. The van der Waals surface area contributed by atoms with Gasteiger partial charge in [0.15, 0.2) is 5.75 Å². The van der Waals surface area contributed by atoms with Gasteiger partial charge >= 0.3 is 0 Å². The van der Waals surface area contributed by atoms with Crippen molar-refractivity contribution in [1.82, 2.24) is 4.57 Å². The predicted octanol–water partition coefficient (Wildman–Crippen LogP) is 10.2. The average Bonchev–Trinajstić information content (AvgIpc) is 3.00. The summed E-state index contributed by atoms with van der Waals surface area (Å²) in [5, 5.41) is 0.864. The van der Waals surface area contributed by atoms with E-state index in [1.807, 2.05) is 53.1 Å². The zero-order chi connectivity index (χ0) is 30.9. The number of nitrogens with zero attached hydrogens (tertiary/aromatic N) is 1. The van der Waals surface area contributed by atoms with Crippen LogP contribution in [0.15, 0.2) is 76.6 Å². The van der Waals surface area contributed by atoms with Crippen molar-refractivity contribution in [3.63, 3.8) is 0 Å². The molecule has 2 aromatic carbocycles. The Kier molecular flexibility index (Phi) is 15.0. The summed E-state index contributed by atoms with van der Waals surface area (Å²) in [6.45, 7) is 12.7. The Bertz CT molecular complexity index is 1370. The Hall–Kier alpha value is -3.47. The highest BCUT2D eigenvalue weighted by Crippen LogP contribution is 2.36. The maximum atomic E-state index is 14.2. The molecule has 5 heteroatoms. The fourth-order valence-electron chi connectivity index (χ4n) is 5.03. The SMILES string of the molecule is CCCCCCCCn1c(=O)c(OC/C=C(\C)CCC=C(C)C)c(OCc2ccccc2)c2ccc(OCCCC)cc21. The average molecular weight is 588 g/mol. The number of allylic oxidation sites excluding steroid dienone is 3. The summed E-state index contributed by atoms with van der Waals surface area (Å²) in [7, 11) is 0. The van der Waals surface area contributed by atoms with Crippen molar-refractivity contribution in [2.45, 2.75) is 112 Å². The summed E-state index contributed by atoms with van der Waals surface area (Å²) in [6.07, 6.45) is 15.3. The third-order valence-electron chi connectivity index (χ3n) is 7.63. The molecular weight excluding hydrogens is 534 g/mol. The van der Waals surface area contributed by atoms with E-state index in [9.17, 15) is 4.79 Å². The quantitative estimate of drug-likeness (QED) is 0.0975. The highest BCUT2D eigenvalue weighted by Gasteiger charge is 2.20. The van der Waals surface area contributed by atoms with Gasteiger partial charge in [-0.25, -0.2) is 0 Å². The van der Waals surface area contributed by atoms with Gasteiger partial charge in [0.05, 0.1) is 12.1 Å². The van der Waals surface area contributed by atoms with Crippen LogP contribution in [0.2, 0.25) is 0 Å². The molecule has 0 aliphatic rings. The number of hydrogen-bond acceptors (Lipinski definition) is 4. The molecule has 43 heavy (non-hydrogen) atoms. The first-order valence-corrected chi connectivity index (χ1v) is 16.4. The first-order valence-electron chi connectivity index (χ1n) is 16.4. The monoisotopic (exact) mass is 587 g/mol. The summed E-state index contributed by atoms with van der Waals surface area (Å²) in [4.78, 5) is 14.2. The molecule has 3 aromatic rings. The van der Waals surface area contributed by atoms with Crippen LogP contribution in [0.5, 0.6) is 17.2 Å². The van der Waals surface area contributed by atoms with E-state index < -0.39 is 0 Å². The molecule has 0 spiro atoms. The number of unbranched alkanes of at least 4 members (excludes halogenated alkanes) is 6. The molecule has 5 nitrogen and oxygen atoms in total. The second kappa shape index (κ2) is 18.9. The lowest BCUT2D eigenvalue weighted by molar-refractivity contribution is 0.274. The molecule has 0 atom stereocenters. The second-order valence-electron chi connectivity index (χ2n) is 11.7. The molecule has 0 amide bonds. The van der Waals surface area contributed by atoms with Crippen molar-refractivity contribution in [3.05, 3.63) is 87.7 Å². The highest BCUT2D eigenvalue weighted by molar-refractivity contribution is 5.89. The van der Waals surface area contributed by atoms with Crippen molar-refractivity contribution < 1.29 is 14.2 Å². The fourth-order valence-corrected chi connectivity index (χ4v) is 5.03. The lowest BCUT2D eigenvalue weighted by atomic mass is 10.1. The van der Waals surface area contributed by atoms with E-state index in [0.29, 0.717) is 32.1 Å². The molecule has 0 aliphatic carbocycles. The van der Waals surface area contributed by atoms with Crippen LogP contribution in [-0.2, 0) is 13.2 Å². The van der Waals surface area contributed by atoms with E-state index in [4.69, 9.17) is 14.2 Å². The van der Waals surface area contributed by atoms with Crippen LogP contribution in [0.1, 0.15) is 104 Å². The van der Waals surface area contributed by atoms with Crippen molar-refractivity contribution in [3.8, 4) is 17.2 Å². The van der Waals surface area contributed by atoms with Crippen molar-refractivity contribution in [2.24, 2.45) is 0 Å².